The van der Waals surface area contributed by atoms with Gasteiger partial charge in [0.15, 0.2) is 0 Å². The van der Waals surface area contributed by atoms with Crippen LogP contribution in [0.15, 0.2) is 0 Å². The summed E-state index contributed by atoms with van der Waals surface area (Å²) in [5, 5.41) is 3.23. The molecule has 0 aromatic heterocycles. The number of nitrogens with one attached hydrogen (secondary N) is 1. The topological polar surface area (TPSA) is 61.9 Å². The summed E-state index contributed by atoms with van der Waals surface area (Å²) < 4.78 is 4.98. The van der Waals surface area contributed by atoms with Crippen LogP contribution in [0.2, 0.25) is 0 Å². The van der Waals surface area contributed by atoms with Gasteiger partial charge in [-0.3, -0.25) is 10.1 Å². The summed E-state index contributed by atoms with van der Waals surface area (Å²) in [6, 6.07) is 0. The Morgan fingerprint density at radius 1 is 1.44 bits per heavy atom. The molecule has 0 bridgehead atoms. The summed E-state index contributed by atoms with van der Waals surface area (Å²) in [5.41, 5.74) is -0.334. The average molecular weight is 257 g/mol. The van der Waals surface area contributed by atoms with Gasteiger partial charge in [0.05, 0.1) is 12.3 Å². The van der Waals surface area contributed by atoms with Crippen LogP contribution in [-0.4, -0.2) is 61.3 Å². The Morgan fingerprint density at radius 2 is 2.06 bits per heavy atom. The Kier molecular flexibility index (Phi) is 5.40. The molecule has 1 N–H and O–H groups in total. The number of hydrogen-bond acceptors (Lipinski definition) is 4. The van der Waals surface area contributed by atoms with Crippen molar-refractivity contribution in [3.8, 4) is 0 Å². The standard InChI is InChI=1S/C12H23N3O3/c1-4-15(10-16)12(13-3)6-8-14(9-7-12)11(17)18-5-2/h10,13H,4-9H2,1-3H3. The van der Waals surface area contributed by atoms with Crippen LogP contribution in [-0.2, 0) is 9.53 Å². The van der Waals surface area contributed by atoms with Gasteiger partial charge in [0.1, 0.15) is 0 Å². The lowest BCUT2D eigenvalue weighted by molar-refractivity contribution is -0.127. The van der Waals surface area contributed by atoms with Crippen molar-refractivity contribution in [1.82, 2.24) is 15.1 Å². The molecule has 18 heavy (non-hydrogen) atoms. The number of carbonyl (C=O) groups excluding carboxylic acids is 2. The van der Waals surface area contributed by atoms with E-state index in [2.05, 4.69) is 5.32 Å². The van der Waals surface area contributed by atoms with Crippen molar-refractivity contribution in [2.24, 2.45) is 0 Å². The molecule has 0 unspecified atom stereocenters. The molecule has 0 saturated carbocycles. The lowest BCUT2D eigenvalue weighted by Crippen LogP contribution is -2.62. The molecule has 0 aromatic rings. The van der Waals surface area contributed by atoms with Crippen molar-refractivity contribution >= 4 is 12.5 Å². The summed E-state index contributed by atoms with van der Waals surface area (Å²) in [6.07, 6.45) is 2.04. The number of carbonyl (C=O) groups is 2. The third-order valence-corrected chi connectivity index (χ3v) is 3.60. The number of amides is 2. The maximum atomic E-state index is 11.6. The number of nitrogens with zero attached hydrogens (tertiary/aromatic N) is 2. The second-order valence-corrected chi connectivity index (χ2v) is 4.36. The van der Waals surface area contributed by atoms with Crippen LogP contribution in [0.5, 0.6) is 0 Å². The van der Waals surface area contributed by atoms with E-state index in [-0.39, 0.29) is 11.8 Å². The molecule has 0 radical (unpaired) electrons. The Hall–Kier alpha value is -1.30. The Labute approximate surface area is 108 Å². The predicted octanol–water partition coefficient (Wildman–Crippen LogP) is 0.633. The molecule has 0 atom stereocenters. The van der Waals surface area contributed by atoms with Crippen LogP contribution >= 0.6 is 0 Å². The van der Waals surface area contributed by atoms with E-state index in [1.54, 1.807) is 16.7 Å². The zero-order valence-corrected chi connectivity index (χ0v) is 11.4. The van der Waals surface area contributed by atoms with E-state index in [1.807, 2.05) is 14.0 Å². The maximum absolute atomic E-state index is 11.6. The minimum atomic E-state index is -0.334. The summed E-state index contributed by atoms with van der Waals surface area (Å²) in [4.78, 5) is 26.2. The van der Waals surface area contributed by atoms with E-state index >= 15 is 0 Å². The minimum absolute atomic E-state index is 0.267. The smallest absolute Gasteiger partial charge is 0.409 e. The van der Waals surface area contributed by atoms with Crippen LogP contribution in [0.25, 0.3) is 0 Å². The molecule has 6 heteroatoms. The average Bonchev–Trinajstić information content (AvgIpc) is 2.41. The highest BCUT2D eigenvalue weighted by atomic mass is 16.6. The Bertz CT molecular complexity index is 288. The van der Waals surface area contributed by atoms with Crippen LogP contribution in [0.3, 0.4) is 0 Å². The largest absolute Gasteiger partial charge is 0.450 e. The van der Waals surface area contributed by atoms with Crippen molar-refractivity contribution in [3.63, 3.8) is 0 Å². The second kappa shape index (κ2) is 6.58. The first-order valence-electron chi connectivity index (χ1n) is 6.46. The van der Waals surface area contributed by atoms with Gasteiger partial charge in [-0.1, -0.05) is 0 Å². The molecule has 1 fully saturated rings. The maximum Gasteiger partial charge on any atom is 0.409 e. The molecule has 1 rings (SSSR count). The van der Waals surface area contributed by atoms with Crippen molar-refractivity contribution < 1.29 is 14.3 Å². The molecule has 2 amide bonds. The number of piperidine rings is 1. The van der Waals surface area contributed by atoms with E-state index in [9.17, 15) is 9.59 Å². The fourth-order valence-corrected chi connectivity index (χ4v) is 2.43. The summed E-state index contributed by atoms with van der Waals surface area (Å²) >= 11 is 0. The van der Waals surface area contributed by atoms with Crippen LogP contribution < -0.4 is 5.32 Å². The highest BCUT2D eigenvalue weighted by Crippen LogP contribution is 2.25. The predicted molar refractivity (Wildman–Crippen MR) is 68.1 cm³/mol. The van der Waals surface area contributed by atoms with Crippen molar-refractivity contribution in [2.45, 2.75) is 32.4 Å². The minimum Gasteiger partial charge on any atom is -0.450 e. The monoisotopic (exact) mass is 257 g/mol. The van der Waals surface area contributed by atoms with Gasteiger partial charge in [-0.15, -0.1) is 0 Å². The van der Waals surface area contributed by atoms with E-state index in [0.29, 0.717) is 26.2 Å². The summed E-state index contributed by atoms with van der Waals surface area (Å²) in [5.74, 6) is 0. The van der Waals surface area contributed by atoms with Crippen molar-refractivity contribution in [3.05, 3.63) is 0 Å². The van der Waals surface area contributed by atoms with Crippen LogP contribution in [0.4, 0.5) is 4.79 Å². The van der Waals surface area contributed by atoms with Crippen molar-refractivity contribution in [1.29, 1.82) is 0 Å². The normalized spacial score (nSPS) is 18.3. The highest BCUT2D eigenvalue weighted by molar-refractivity contribution is 5.67. The molecule has 1 aliphatic rings. The van der Waals surface area contributed by atoms with Crippen LogP contribution in [0, 0.1) is 0 Å². The lowest BCUT2D eigenvalue weighted by Gasteiger charge is -2.46. The van der Waals surface area contributed by atoms with Gasteiger partial charge < -0.3 is 14.5 Å². The zero-order chi connectivity index (χ0) is 13.6. The van der Waals surface area contributed by atoms with Gasteiger partial charge in [0.25, 0.3) is 0 Å². The SMILES string of the molecule is CCOC(=O)N1CCC(NC)(N(C=O)CC)CC1. The zero-order valence-electron chi connectivity index (χ0n) is 11.4. The summed E-state index contributed by atoms with van der Waals surface area (Å²) in [6.45, 7) is 6.00. The van der Waals surface area contributed by atoms with E-state index in [0.717, 1.165) is 19.3 Å². The first-order valence-corrected chi connectivity index (χ1v) is 6.46. The fraction of sp³-hybridized carbons (Fsp3) is 0.833. The number of ether oxygens (including phenoxy) is 1. The molecule has 0 spiro atoms. The molecule has 1 aliphatic heterocycles. The van der Waals surface area contributed by atoms with E-state index in [1.165, 1.54) is 0 Å². The van der Waals surface area contributed by atoms with E-state index in [4.69, 9.17) is 4.74 Å². The molecule has 6 nitrogen and oxygen atoms in total. The molecular weight excluding hydrogens is 234 g/mol. The first-order chi connectivity index (χ1) is 8.63. The summed E-state index contributed by atoms with van der Waals surface area (Å²) in [7, 11) is 1.85. The van der Waals surface area contributed by atoms with Gasteiger partial charge >= 0.3 is 6.09 Å². The number of hydrogen-bond donors (Lipinski definition) is 1. The first kappa shape index (κ1) is 14.8. The Morgan fingerprint density at radius 3 is 2.44 bits per heavy atom. The molecule has 0 aromatic carbocycles. The third-order valence-electron chi connectivity index (χ3n) is 3.60. The number of rotatable bonds is 5. The van der Waals surface area contributed by atoms with Gasteiger partial charge in [0.2, 0.25) is 6.41 Å². The molecule has 1 saturated heterocycles. The van der Waals surface area contributed by atoms with Crippen LogP contribution in [0.1, 0.15) is 26.7 Å². The molecule has 0 aliphatic carbocycles. The molecule has 1 heterocycles. The quantitative estimate of drug-likeness (QED) is 0.580. The van der Waals surface area contributed by atoms with Gasteiger partial charge in [-0.05, 0) is 20.9 Å². The van der Waals surface area contributed by atoms with E-state index < -0.39 is 0 Å². The highest BCUT2D eigenvalue weighted by Gasteiger charge is 2.38. The molecular formula is C12H23N3O3. The second-order valence-electron chi connectivity index (χ2n) is 4.36. The van der Waals surface area contributed by atoms with Gasteiger partial charge in [0, 0.05) is 32.5 Å². The fourth-order valence-electron chi connectivity index (χ4n) is 2.43. The third kappa shape index (κ3) is 2.93. The van der Waals surface area contributed by atoms with Gasteiger partial charge in [-0.2, -0.15) is 0 Å². The molecule has 104 valence electrons. The van der Waals surface area contributed by atoms with Crippen molar-refractivity contribution in [2.75, 3.05) is 33.3 Å². The van der Waals surface area contributed by atoms with Gasteiger partial charge in [-0.25, -0.2) is 4.79 Å². The Balaban J connectivity index is 2.64. The number of likely N-dealkylation sites (tertiary alicyclic amines) is 1. The lowest BCUT2D eigenvalue weighted by atomic mass is 9.95.